The van der Waals surface area contributed by atoms with E-state index in [9.17, 15) is 14.5 Å². The van der Waals surface area contributed by atoms with Crippen LogP contribution in [0.15, 0.2) is 18.2 Å². The molecule has 1 aromatic carbocycles. The lowest BCUT2D eigenvalue weighted by Crippen LogP contribution is -2.12. The Balaban J connectivity index is 2.85. The molecule has 0 radical (unpaired) electrons. The fourth-order valence-electron chi connectivity index (χ4n) is 1.88. The number of rotatable bonds is 1. The van der Waals surface area contributed by atoms with E-state index in [0.717, 1.165) is 11.6 Å². The van der Waals surface area contributed by atoms with Crippen LogP contribution in [0.5, 0.6) is 0 Å². The van der Waals surface area contributed by atoms with E-state index in [-0.39, 0.29) is 21.8 Å². The van der Waals surface area contributed by atoms with E-state index in [1.165, 1.54) is 6.07 Å². The zero-order chi connectivity index (χ0) is 14.4. The third kappa shape index (κ3) is 2.51. The van der Waals surface area contributed by atoms with Crippen LogP contribution in [-0.4, -0.2) is 9.91 Å². The first kappa shape index (κ1) is 13.7. The summed E-state index contributed by atoms with van der Waals surface area (Å²) in [6, 6.07) is 3.73. The number of benzene rings is 1. The van der Waals surface area contributed by atoms with Crippen molar-refractivity contribution < 1.29 is 9.31 Å². The molecule has 6 heteroatoms. The van der Waals surface area contributed by atoms with Crippen LogP contribution in [0, 0.1) is 15.9 Å². The van der Waals surface area contributed by atoms with E-state index in [0.29, 0.717) is 5.39 Å². The van der Waals surface area contributed by atoms with Crippen LogP contribution in [0.25, 0.3) is 10.9 Å². The molecule has 19 heavy (non-hydrogen) atoms. The van der Waals surface area contributed by atoms with Crippen LogP contribution in [0.2, 0.25) is 5.15 Å². The van der Waals surface area contributed by atoms with Crippen molar-refractivity contribution in [3.63, 3.8) is 0 Å². The standard InChI is InChI=1S/C13H12ClFN2O2/c1-13(2,3)9-5-7-4-8(15)6-10(17(18)19)11(7)16-12(9)14/h4-6H,1-3H3. The number of nitro benzene ring substituents is 1. The van der Waals surface area contributed by atoms with Crippen molar-refractivity contribution in [3.05, 3.63) is 44.8 Å². The summed E-state index contributed by atoms with van der Waals surface area (Å²) < 4.78 is 13.4. The number of hydrogen-bond acceptors (Lipinski definition) is 3. The highest BCUT2D eigenvalue weighted by Gasteiger charge is 2.22. The number of hydrogen-bond donors (Lipinski definition) is 0. The van der Waals surface area contributed by atoms with Crippen LogP contribution in [-0.2, 0) is 5.41 Å². The van der Waals surface area contributed by atoms with Crippen molar-refractivity contribution in [2.75, 3.05) is 0 Å². The monoisotopic (exact) mass is 282 g/mol. The Kier molecular flexibility index (Phi) is 3.18. The predicted octanol–water partition coefficient (Wildman–Crippen LogP) is 4.23. The molecule has 0 aliphatic heterocycles. The van der Waals surface area contributed by atoms with E-state index in [2.05, 4.69) is 4.98 Å². The number of nitrogens with zero attached hydrogens (tertiary/aromatic N) is 2. The lowest BCUT2D eigenvalue weighted by Gasteiger charge is -2.20. The molecule has 0 saturated heterocycles. The second-order valence-electron chi connectivity index (χ2n) is 5.33. The first-order valence-corrected chi connectivity index (χ1v) is 6.02. The molecule has 0 aliphatic carbocycles. The van der Waals surface area contributed by atoms with Crippen LogP contribution in [0.3, 0.4) is 0 Å². The molecule has 1 heterocycles. The Bertz CT molecular complexity index is 680. The molecule has 0 fully saturated rings. The fraction of sp³-hybridized carbons (Fsp3) is 0.308. The van der Waals surface area contributed by atoms with Gasteiger partial charge < -0.3 is 0 Å². The maximum absolute atomic E-state index is 13.4. The highest BCUT2D eigenvalue weighted by molar-refractivity contribution is 6.30. The minimum Gasteiger partial charge on any atom is -0.258 e. The van der Waals surface area contributed by atoms with Crippen molar-refractivity contribution in [2.45, 2.75) is 26.2 Å². The van der Waals surface area contributed by atoms with Crippen molar-refractivity contribution in [2.24, 2.45) is 0 Å². The zero-order valence-electron chi connectivity index (χ0n) is 10.7. The summed E-state index contributed by atoms with van der Waals surface area (Å²) in [6.45, 7) is 5.82. The molecule has 0 atom stereocenters. The van der Waals surface area contributed by atoms with Crippen LogP contribution in [0.1, 0.15) is 26.3 Å². The Labute approximate surface area is 114 Å². The summed E-state index contributed by atoms with van der Waals surface area (Å²) >= 11 is 6.08. The molecule has 4 nitrogen and oxygen atoms in total. The molecule has 0 spiro atoms. The molecule has 0 amide bonds. The quantitative estimate of drug-likeness (QED) is 0.447. The lowest BCUT2D eigenvalue weighted by molar-refractivity contribution is -0.383. The third-order valence-electron chi connectivity index (χ3n) is 2.82. The number of fused-ring (bicyclic) bond motifs is 1. The average molecular weight is 283 g/mol. The first-order chi connectivity index (χ1) is 8.70. The number of nitro groups is 1. The zero-order valence-corrected chi connectivity index (χ0v) is 11.5. The largest absolute Gasteiger partial charge is 0.298 e. The normalized spacial score (nSPS) is 11.8. The smallest absolute Gasteiger partial charge is 0.258 e. The van der Waals surface area contributed by atoms with Gasteiger partial charge >= 0.3 is 0 Å². The van der Waals surface area contributed by atoms with E-state index in [1.54, 1.807) is 6.07 Å². The Morgan fingerprint density at radius 2 is 1.95 bits per heavy atom. The van der Waals surface area contributed by atoms with Crippen molar-refractivity contribution in [1.29, 1.82) is 0 Å². The Morgan fingerprint density at radius 1 is 1.32 bits per heavy atom. The van der Waals surface area contributed by atoms with E-state index in [4.69, 9.17) is 11.6 Å². The van der Waals surface area contributed by atoms with Crippen LogP contribution < -0.4 is 0 Å². The van der Waals surface area contributed by atoms with E-state index in [1.807, 2.05) is 20.8 Å². The van der Waals surface area contributed by atoms with Gasteiger partial charge in [0.1, 0.15) is 16.5 Å². The second kappa shape index (κ2) is 4.42. The van der Waals surface area contributed by atoms with Gasteiger partial charge in [-0.05, 0) is 23.1 Å². The topological polar surface area (TPSA) is 56.0 Å². The molecular formula is C13H12ClFN2O2. The number of halogens is 2. The Hall–Kier alpha value is -1.75. The van der Waals surface area contributed by atoms with Gasteiger partial charge in [-0.15, -0.1) is 0 Å². The molecule has 1 aromatic heterocycles. The number of aromatic nitrogens is 1. The van der Waals surface area contributed by atoms with Gasteiger partial charge in [-0.25, -0.2) is 9.37 Å². The summed E-state index contributed by atoms with van der Waals surface area (Å²) in [4.78, 5) is 14.3. The maximum Gasteiger partial charge on any atom is 0.298 e. The minimum absolute atomic E-state index is 0.101. The SMILES string of the molecule is CC(C)(C)c1cc2cc(F)cc([N+](=O)[O-])c2nc1Cl. The molecule has 0 saturated carbocycles. The molecular weight excluding hydrogens is 271 g/mol. The van der Waals surface area contributed by atoms with Gasteiger partial charge in [0.2, 0.25) is 0 Å². The summed E-state index contributed by atoms with van der Waals surface area (Å²) in [7, 11) is 0. The van der Waals surface area contributed by atoms with Crippen molar-refractivity contribution >= 4 is 28.2 Å². The molecule has 0 unspecified atom stereocenters. The van der Waals surface area contributed by atoms with E-state index >= 15 is 0 Å². The lowest BCUT2D eigenvalue weighted by atomic mass is 9.87. The molecule has 0 aliphatic rings. The van der Waals surface area contributed by atoms with Crippen molar-refractivity contribution in [3.8, 4) is 0 Å². The van der Waals surface area contributed by atoms with Crippen LogP contribution in [0.4, 0.5) is 10.1 Å². The molecule has 100 valence electrons. The summed E-state index contributed by atoms with van der Waals surface area (Å²) in [5, 5.41) is 11.5. The molecule has 2 rings (SSSR count). The van der Waals surface area contributed by atoms with Gasteiger partial charge in [0, 0.05) is 5.39 Å². The van der Waals surface area contributed by atoms with Gasteiger partial charge in [0.15, 0.2) is 0 Å². The molecule has 0 N–H and O–H groups in total. The summed E-state index contributed by atoms with van der Waals surface area (Å²) in [6.07, 6.45) is 0. The number of pyridine rings is 1. The van der Waals surface area contributed by atoms with E-state index < -0.39 is 10.7 Å². The number of non-ortho nitro benzene ring substituents is 1. The van der Waals surface area contributed by atoms with Gasteiger partial charge in [0.25, 0.3) is 5.69 Å². The highest BCUT2D eigenvalue weighted by atomic mass is 35.5. The summed E-state index contributed by atoms with van der Waals surface area (Å²) in [5.41, 5.74) is 0.169. The van der Waals surface area contributed by atoms with Crippen LogP contribution >= 0.6 is 11.6 Å². The van der Waals surface area contributed by atoms with Gasteiger partial charge in [-0.3, -0.25) is 10.1 Å². The fourth-order valence-corrected chi connectivity index (χ4v) is 2.30. The second-order valence-corrected chi connectivity index (χ2v) is 5.69. The van der Waals surface area contributed by atoms with Gasteiger partial charge in [0.05, 0.1) is 11.0 Å². The van der Waals surface area contributed by atoms with Gasteiger partial charge in [-0.2, -0.15) is 0 Å². The molecule has 0 bridgehead atoms. The Morgan fingerprint density at radius 3 is 2.47 bits per heavy atom. The average Bonchev–Trinajstić information content (AvgIpc) is 2.26. The van der Waals surface area contributed by atoms with Crippen molar-refractivity contribution in [1.82, 2.24) is 4.98 Å². The minimum atomic E-state index is -0.664. The molecule has 2 aromatic rings. The van der Waals surface area contributed by atoms with Gasteiger partial charge in [-0.1, -0.05) is 32.4 Å². The highest BCUT2D eigenvalue weighted by Crippen LogP contribution is 2.34. The first-order valence-electron chi connectivity index (χ1n) is 5.65. The maximum atomic E-state index is 13.4. The summed E-state index contributed by atoms with van der Waals surface area (Å²) in [5.74, 6) is -0.664. The third-order valence-corrected chi connectivity index (χ3v) is 3.11. The predicted molar refractivity (Wildman–Crippen MR) is 72.1 cm³/mol.